The summed E-state index contributed by atoms with van der Waals surface area (Å²) in [4.78, 5) is 12.4. The molecule has 3 heteroatoms. The minimum atomic E-state index is -0.0605. The number of para-hydroxylation sites is 1. The van der Waals surface area contributed by atoms with Crippen LogP contribution in [0.4, 0.5) is 0 Å². The molecule has 0 N–H and O–H groups in total. The van der Waals surface area contributed by atoms with Crippen molar-refractivity contribution in [3.8, 4) is 5.75 Å². The Hall–Kier alpha value is -2.29. The zero-order valence-corrected chi connectivity index (χ0v) is 12.5. The lowest BCUT2D eigenvalue weighted by Crippen LogP contribution is -2.21. The molecule has 21 heavy (non-hydrogen) atoms. The summed E-state index contributed by atoms with van der Waals surface area (Å²) in [5, 5.41) is 0. The molecule has 3 nitrogen and oxygen atoms in total. The molecule has 1 amide bonds. The number of hydrogen-bond donors (Lipinski definition) is 0. The molecule has 0 aromatic heterocycles. The normalized spacial score (nSPS) is 11.7. The van der Waals surface area contributed by atoms with Gasteiger partial charge in [0.25, 0.3) is 0 Å². The molecule has 2 rings (SSSR count). The molecule has 0 aliphatic heterocycles. The lowest BCUT2D eigenvalue weighted by Gasteiger charge is -2.22. The van der Waals surface area contributed by atoms with E-state index in [1.54, 1.807) is 11.9 Å². The predicted octanol–water partition coefficient (Wildman–Crippen LogP) is 3.59. The molecule has 0 bridgehead atoms. The number of ether oxygens (including phenoxy) is 1. The molecule has 0 spiro atoms. The summed E-state index contributed by atoms with van der Waals surface area (Å²) in [6.45, 7) is 2.70. The molecular formula is C18H21NO2. The SMILES string of the molecule is Cc1ccccc1O[C@H](CCN(C)C=O)c1ccccc1. The van der Waals surface area contributed by atoms with Crippen LogP contribution in [0.25, 0.3) is 0 Å². The van der Waals surface area contributed by atoms with E-state index in [2.05, 4.69) is 12.1 Å². The number of nitrogens with zero attached hydrogens (tertiary/aromatic N) is 1. The molecule has 0 heterocycles. The van der Waals surface area contributed by atoms with Crippen molar-refractivity contribution in [1.29, 1.82) is 0 Å². The first-order valence-electron chi connectivity index (χ1n) is 7.13. The minimum absolute atomic E-state index is 0.0605. The lowest BCUT2D eigenvalue weighted by molar-refractivity contribution is -0.117. The van der Waals surface area contributed by atoms with Crippen molar-refractivity contribution >= 4 is 6.41 Å². The van der Waals surface area contributed by atoms with Gasteiger partial charge in [-0.25, -0.2) is 0 Å². The summed E-state index contributed by atoms with van der Waals surface area (Å²) in [7, 11) is 1.78. The summed E-state index contributed by atoms with van der Waals surface area (Å²) < 4.78 is 6.18. The Labute approximate surface area is 126 Å². The van der Waals surface area contributed by atoms with Crippen LogP contribution in [-0.4, -0.2) is 24.9 Å². The molecule has 1 atom stereocenters. The van der Waals surface area contributed by atoms with Gasteiger partial charge in [0.15, 0.2) is 0 Å². The van der Waals surface area contributed by atoms with Crippen LogP contribution in [0.5, 0.6) is 5.75 Å². The molecule has 0 saturated heterocycles. The third-order valence-corrected chi connectivity index (χ3v) is 3.46. The van der Waals surface area contributed by atoms with Crippen LogP contribution in [-0.2, 0) is 4.79 Å². The van der Waals surface area contributed by atoms with Gasteiger partial charge in [0.2, 0.25) is 6.41 Å². The first kappa shape index (κ1) is 15.1. The summed E-state index contributed by atoms with van der Waals surface area (Å²) in [5.74, 6) is 0.889. The Balaban J connectivity index is 2.16. The third-order valence-electron chi connectivity index (χ3n) is 3.46. The second-order valence-electron chi connectivity index (χ2n) is 5.16. The maximum Gasteiger partial charge on any atom is 0.209 e. The van der Waals surface area contributed by atoms with Gasteiger partial charge in [-0.2, -0.15) is 0 Å². The van der Waals surface area contributed by atoms with E-state index in [9.17, 15) is 4.79 Å². The average molecular weight is 283 g/mol. The van der Waals surface area contributed by atoms with Gasteiger partial charge in [-0.1, -0.05) is 48.5 Å². The van der Waals surface area contributed by atoms with Gasteiger partial charge >= 0.3 is 0 Å². The smallest absolute Gasteiger partial charge is 0.209 e. The highest BCUT2D eigenvalue weighted by molar-refractivity contribution is 5.46. The van der Waals surface area contributed by atoms with Crippen LogP contribution in [0.1, 0.15) is 23.7 Å². The Bertz CT molecular complexity index is 568. The van der Waals surface area contributed by atoms with Crippen LogP contribution in [0, 0.1) is 6.92 Å². The second-order valence-corrected chi connectivity index (χ2v) is 5.16. The zero-order chi connectivity index (χ0) is 15.1. The van der Waals surface area contributed by atoms with E-state index in [0.29, 0.717) is 6.54 Å². The molecule has 0 aliphatic carbocycles. The monoisotopic (exact) mass is 283 g/mol. The standard InChI is InChI=1S/C18H21NO2/c1-15-8-6-7-11-17(15)21-18(12-13-19(2)14-20)16-9-4-3-5-10-16/h3-11,14,18H,12-13H2,1-2H3/t18-/m1/s1. The number of hydrogen-bond acceptors (Lipinski definition) is 2. The van der Waals surface area contributed by atoms with E-state index in [4.69, 9.17) is 4.74 Å². The fourth-order valence-electron chi connectivity index (χ4n) is 2.18. The van der Waals surface area contributed by atoms with Gasteiger partial charge in [0, 0.05) is 20.0 Å². The first-order chi connectivity index (χ1) is 10.2. The molecule has 110 valence electrons. The van der Waals surface area contributed by atoms with Crippen LogP contribution in [0.3, 0.4) is 0 Å². The topological polar surface area (TPSA) is 29.5 Å². The van der Waals surface area contributed by atoms with Crippen molar-refractivity contribution in [2.45, 2.75) is 19.4 Å². The zero-order valence-electron chi connectivity index (χ0n) is 12.5. The van der Waals surface area contributed by atoms with Crippen LogP contribution < -0.4 is 4.74 Å². The fourth-order valence-corrected chi connectivity index (χ4v) is 2.18. The van der Waals surface area contributed by atoms with Crippen molar-refractivity contribution in [1.82, 2.24) is 4.90 Å². The highest BCUT2D eigenvalue weighted by atomic mass is 16.5. The van der Waals surface area contributed by atoms with Crippen LogP contribution in [0.15, 0.2) is 54.6 Å². The molecule has 0 unspecified atom stereocenters. The quantitative estimate of drug-likeness (QED) is 0.727. The fraction of sp³-hybridized carbons (Fsp3) is 0.278. The van der Waals surface area contributed by atoms with Crippen molar-refractivity contribution in [3.63, 3.8) is 0 Å². The maximum atomic E-state index is 10.8. The van der Waals surface area contributed by atoms with Crippen molar-refractivity contribution in [2.24, 2.45) is 0 Å². The molecule has 2 aromatic carbocycles. The van der Waals surface area contributed by atoms with Crippen molar-refractivity contribution < 1.29 is 9.53 Å². The molecule has 0 aliphatic rings. The van der Waals surface area contributed by atoms with Crippen LogP contribution in [0.2, 0.25) is 0 Å². The van der Waals surface area contributed by atoms with E-state index in [1.165, 1.54) is 0 Å². The third kappa shape index (κ3) is 4.35. The molecule has 0 saturated carbocycles. The van der Waals surface area contributed by atoms with E-state index in [1.807, 2.05) is 49.4 Å². The lowest BCUT2D eigenvalue weighted by atomic mass is 10.1. The van der Waals surface area contributed by atoms with Gasteiger partial charge in [-0.3, -0.25) is 4.79 Å². The largest absolute Gasteiger partial charge is 0.485 e. The molecule has 0 radical (unpaired) electrons. The molecule has 0 fully saturated rings. The van der Waals surface area contributed by atoms with Gasteiger partial charge < -0.3 is 9.64 Å². The number of amides is 1. The van der Waals surface area contributed by atoms with Crippen molar-refractivity contribution in [2.75, 3.05) is 13.6 Å². The Morgan fingerprint density at radius 2 is 1.76 bits per heavy atom. The minimum Gasteiger partial charge on any atom is -0.485 e. The summed E-state index contributed by atoms with van der Waals surface area (Å²) in [6.07, 6.45) is 1.54. The predicted molar refractivity (Wildman–Crippen MR) is 84.3 cm³/mol. The summed E-state index contributed by atoms with van der Waals surface area (Å²) in [6, 6.07) is 18.1. The number of benzene rings is 2. The number of carbonyl (C=O) groups excluding carboxylic acids is 1. The van der Waals surface area contributed by atoms with E-state index < -0.39 is 0 Å². The number of aryl methyl sites for hydroxylation is 1. The van der Waals surface area contributed by atoms with Gasteiger partial charge in [0.1, 0.15) is 11.9 Å². The first-order valence-corrected chi connectivity index (χ1v) is 7.13. The highest BCUT2D eigenvalue weighted by Crippen LogP contribution is 2.27. The number of carbonyl (C=O) groups is 1. The Morgan fingerprint density at radius 1 is 1.10 bits per heavy atom. The van der Waals surface area contributed by atoms with Gasteiger partial charge in [-0.05, 0) is 24.1 Å². The summed E-state index contributed by atoms with van der Waals surface area (Å²) >= 11 is 0. The van der Waals surface area contributed by atoms with Crippen LogP contribution >= 0.6 is 0 Å². The van der Waals surface area contributed by atoms with E-state index in [0.717, 1.165) is 29.7 Å². The Kier molecular flexibility index (Phi) is 5.38. The second kappa shape index (κ2) is 7.48. The van der Waals surface area contributed by atoms with E-state index >= 15 is 0 Å². The molecular weight excluding hydrogens is 262 g/mol. The highest BCUT2D eigenvalue weighted by Gasteiger charge is 2.15. The number of rotatable bonds is 7. The van der Waals surface area contributed by atoms with Crippen molar-refractivity contribution in [3.05, 3.63) is 65.7 Å². The van der Waals surface area contributed by atoms with E-state index in [-0.39, 0.29) is 6.10 Å². The van der Waals surface area contributed by atoms with Gasteiger partial charge in [0.05, 0.1) is 0 Å². The average Bonchev–Trinajstić information content (AvgIpc) is 2.53. The molecule has 2 aromatic rings. The maximum absolute atomic E-state index is 10.8. The summed E-state index contributed by atoms with van der Waals surface area (Å²) in [5.41, 5.74) is 2.24. The Morgan fingerprint density at radius 3 is 2.43 bits per heavy atom. The van der Waals surface area contributed by atoms with Gasteiger partial charge in [-0.15, -0.1) is 0 Å².